The monoisotopic (exact) mass is 410 g/mol. The van der Waals surface area contributed by atoms with Crippen LogP contribution < -0.4 is 19.3 Å². The standard InChI is InChI=1S/C18H21NO6S2/c1-5-6-11(17(21)22)19-16(20)14(27-18(19)26)9-10-7-12(23-2)15(25-4)13(8-10)24-3/h7-9,11H,5-6H2,1-4H3,(H,21,22)/p-1/b14-9-/t11-/m0/s1. The molecule has 1 amide bonds. The average molecular weight is 410 g/mol. The fourth-order valence-corrected chi connectivity index (χ4v) is 4.07. The SMILES string of the molecule is CCC[C@@H](C(=O)[O-])N1C(=O)/C(=C/c2cc(OC)c(OC)c(OC)c2)SC1=S. The summed E-state index contributed by atoms with van der Waals surface area (Å²) in [5.41, 5.74) is 0.630. The van der Waals surface area contributed by atoms with Crippen LogP contribution in [0.15, 0.2) is 17.0 Å². The van der Waals surface area contributed by atoms with Gasteiger partial charge in [0.25, 0.3) is 5.91 Å². The number of amides is 1. The van der Waals surface area contributed by atoms with E-state index in [0.29, 0.717) is 34.1 Å². The number of ether oxygens (including phenoxy) is 3. The Morgan fingerprint density at radius 3 is 2.30 bits per heavy atom. The third-order valence-corrected chi connectivity index (χ3v) is 5.28. The Balaban J connectivity index is 2.42. The molecule has 146 valence electrons. The lowest BCUT2D eigenvalue weighted by Gasteiger charge is -2.27. The van der Waals surface area contributed by atoms with Gasteiger partial charge in [0.15, 0.2) is 11.5 Å². The summed E-state index contributed by atoms with van der Waals surface area (Å²) in [6.45, 7) is 1.83. The number of carboxylic acid groups (broad SMARTS) is 1. The molecule has 0 spiro atoms. The van der Waals surface area contributed by atoms with Gasteiger partial charge in [-0.15, -0.1) is 0 Å². The predicted octanol–water partition coefficient (Wildman–Crippen LogP) is 1.83. The van der Waals surface area contributed by atoms with Crippen molar-refractivity contribution in [2.45, 2.75) is 25.8 Å². The van der Waals surface area contributed by atoms with Gasteiger partial charge in [0.05, 0.1) is 38.2 Å². The van der Waals surface area contributed by atoms with Crippen LogP contribution in [0, 0.1) is 0 Å². The van der Waals surface area contributed by atoms with Gasteiger partial charge in [-0.2, -0.15) is 0 Å². The molecule has 1 aromatic rings. The molecule has 2 rings (SSSR count). The van der Waals surface area contributed by atoms with Gasteiger partial charge >= 0.3 is 0 Å². The van der Waals surface area contributed by atoms with Crippen molar-refractivity contribution in [2.24, 2.45) is 0 Å². The summed E-state index contributed by atoms with van der Waals surface area (Å²) in [6, 6.07) is 2.31. The molecule has 0 saturated carbocycles. The highest BCUT2D eigenvalue weighted by Gasteiger charge is 2.37. The highest BCUT2D eigenvalue weighted by molar-refractivity contribution is 8.26. The highest BCUT2D eigenvalue weighted by atomic mass is 32.2. The summed E-state index contributed by atoms with van der Waals surface area (Å²) in [4.78, 5) is 25.6. The topological polar surface area (TPSA) is 88.1 Å². The molecule has 0 bridgehead atoms. The molecule has 1 aliphatic heterocycles. The predicted molar refractivity (Wildman–Crippen MR) is 105 cm³/mol. The lowest BCUT2D eigenvalue weighted by Crippen LogP contribution is -2.49. The largest absolute Gasteiger partial charge is 0.548 e. The number of thioether (sulfide) groups is 1. The Kier molecular flexibility index (Phi) is 7.09. The van der Waals surface area contributed by atoms with Crippen LogP contribution in [0.5, 0.6) is 17.2 Å². The molecular formula is C18H20NO6S2-. The Hall–Kier alpha value is -2.26. The van der Waals surface area contributed by atoms with Crippen molar-refractivity contribution in [1.29, 1.82) is 0 Å². The first-order valence-electron chi connectivity index (χ1n) is 8.15. The van der Waals surface area contributed by atoms with Crippen molar-refractivity contribution in [3.05, 3.63) is 22.6 Å². The van der Waals surface area contributed by atoms with E-state index in [0.717, 1.165) is 16.7 Å². The molecule has 0 aliphatic carbocycles. The fourth-order valence-electron chi connectivity index (χ4n) is 2.71. The number of rotatable bonds is 8. The second-order valence-corrected chi connectivity index (χ2v) is 7.31. The Bertz CT molecular complexity index is 767. The van der Waals surface area contributed by atoms with Gasteiger partial charge < -0.3 is 24.1 Å². The van der Waals surface area contributed by atoms with E-state index in [2.05, 4.69) is 0 Å². The smallest absolute Gasteiger partial charge is 0.266 e. The van der Waals surface area contributed by atoms with E-state index in [1.165, 1.54) is 21.3 Å². The highest BCUT2D eigenvalue weighted by Crippen LogP contribution is 2.40. The fraction of sp³-hybridized carbons (Fsp3) is 0.389. The molecule has 0 unspecified atom stereocenters. The van der Waals surface area contributed by atoms with Gasteiger partial charge in [-0.3, -0.25) is 9.69 Å². The molecule has 1 atom stereocenters. The van der Waals surface area contributed by atoms with Crippen molar-refractivity contribution in [3.63, 3.8) is 0 Å². The molecule has 1 saturated heterocycles. The summed E-state index contributed by atoms with van der Waals surface area (Å²) >= 11 is 6.27. The lowest BCUT2D eigenvalue weighted by atomic mass is 10.1. The molecule has 1 aliphatic rings. The molecular weight excluding hydrogens is 390 g/mol. The molecule has 9 heteroatoms. The van der Waals surface area contributed by atoms with Crippen LogP contribution in [0.3, 0.4) is 0 Å². The molecule has 27 heavy (non-hydrogen) atoms. The number of thiocarbonyl (C=S) groups is 1. The number of nitrogens with zero attached hydrogens (tertiary/aromatic N) is 1. The first kappa shape index (κ1) is 21.0. The van der Waals surface area contributed by atoms with Crippen molar-refractivity contribution in [1.82, 2.24) is 4.90 Å². The van der Waals surface area contributed by atoms with E-state index < -0.39 is 17.9 Å². The number of hydrogen-bond donors (Lipinski definition) is 0. The van der Waals surface area contributed by atoms with E-state index in [4.69, 9.17) is 26.4 Å². The minimum Gasteiger partial charge on any atom is -0.548 e. The van der Waals surface area contributed by atoms with Gasteiger partial charge in [0, 0.05) is 0 Å². The zero-order chi connectivity index (χ0) is 20.1. The summed E-state index contributed by atoms with van der Waals surface area (Å²) < 4.78 is 16.1. The quantitative estimate of drug-likeness (QED) is 0.474. The van der Waals surface area contributed by atoms with Gasteiger partial charge in [0.2, 0.25) is 5.75 Å². The van der Waals surface area contributed by atoms with Crippen LogP contribution in [0.4, 0.5) is 0 Å². The van der Waals surface area contributed by atoms with Crippen molar-refractivity contribution in [2.75, 3.05) is 21.3 Å². The Morgan fingerprint density at radius 1 is 1.26 bits per heavy atom. The summed E-state index contributed by atoms with van der Waals surface area (Å²) in [5.74, 6) is -0.456. The number of hydrogen-bond acceptors (Lipinski definition) is 8. The summed E-state index contributed by atoms with van der Waals surface area (Å²) in [6.07, 6.45) is 2.47. The maximum Gasteiger partial charge on any atom is 0.266 e. The molecule has 0 aromatic heterocycles. The first-order chi connectivity index (χ1) is 12.9. The molecule has 1 aromatic carbocycles. The van der Waals surface area contributed by atoms with E-state index in [9.17, 15) is 14.7 Å². The second kappa shape index (κ2) is 9.09. The number of carbonyl (C=O) groups is 2. The van der Waals surface area contributed by atoms with Crippen molar-refractivity contribution >= 4 is 46.3 Å². The van der Waals surface area contributed by atoms with Gasteiger partial charge in [-0.1, -0.05) is 37.3 Å². The minimum atomic E-state index is -1.32. The van der Waals surface area contributed by atoms with E-state index in [-0.39, 0.29) is 10.7 Å². The van der Waals surface area contributed by atoms with Crippen LogP contribution in [-0.2, 0) is 9.59 Å². The van der Waals surface area contributed by atoms with Gasteiger partial charge in [-0.25, -0.2) is 0 Å². The van der Waals surface area contributed by atoms with Crippen molar-refractivity contribution < 1.29 is 28.9 Å². The van der Waals surface area contributed by atoms with Crippen LogP contribution in [-0.4, -0.2) is 48.5 Å². The molecule has 0 N–H and O–H groups in total. The third-order valence-electron chi connectivity index (χ3n) is 3.95. The lowest BCUT2D eigenvalue weighted by molar-refractivity contribution is -0.310. The van der Waals surface area contributed by atoms with E-state index in [1.54, 1.807) is 18.2 Å². The third kappa shape index (κ3) is 4.36. The summed E-state index contributed by atoms with van der Waals surface area (Å²) in [7, 11) is 4.49. The average Bonchev–Trinajstić information content (AvgIpc) is 2.91. The maximum absolute atomic E-state index is 12.7. The molecule has 1 fully saturated rings. The van der Waals surface area contributed by atoms with E-state index >= 15 is 0 Å². The molecule has 7 nitrogen and oxygen atoms in total. The van der Waals surface area contributed by atoms with Crippen molar-refractivity contribution in [3.8, 4) is 17.2 Å². The number of carboxylic acids is 1. The molecule has 1 heterocycles. The number of benzene rings is 1. The summed E-state index contributed by atoms with van der Waals surface area (Å²) in [5, 5.41) is 11.4. The Labute approximate surface area is 167 Å². The number of aliphatic carboxylic acids is 1. The second-order valence-electron chi connectivity index (χ2n) is 5.63. The van der Waals surface area contributed by atoms with Crippen LogP contribution in [0.2, 0.25) is 0 Å². The van der Waals surface area contributed by atoms with Crippen LogP contribution in [0.1, 0.15) is 25.3 Å². The zero-order valence-corrected chi connectivity index (χ0v) is 17.1. The van der Waals surface area contributed by atoms with Gasteiger partial charge in [0.1, 0.15) is 4.32 Å². The number of methoxy groups -OCH3 is 3. The normalized spacial score (nSPS) is 16.6. The minimum absolute atomic E-state index is 0.196. The number of carbonyl (C=O) groups excluding carboxylic acids is 2. The van der Waals surface area contributed by atoms with Crippen LogP contribution >= 0.6 is 24.0 Å². The zero-order valence-electron chi connectivity index (χ0n) is 15.4. The van der Waals surface area contributed by atoms with Crippen LogP contribution in [0.25, 0.3) is 6.08 Å². The first-order valence-corrected chi connectivity index (χ1v) is 9.38. The maximum atomic E-state index is 12.7. The van der Waals surface area contributed by atoms with Gasteiger partial charge in [-0.05, 0) is 30.2 Å². The van der Waals surface area contributed by atoms with E-state index in [1.807, 2.05) is 6.92 Å². The Morgan fingerprint density at radius 2 is 1.85 bits per heavy atom. The molecule has 0 radical (unpaired) electrons.